The van der Waals surface area contributed by atoms with Gasteiger partial charge in [-0.3, -0.25) is 4.99 Å². The van der Waals surface area contributed by atoms with Crippen molar-refractivity contribution in [3.05, 3.63) is 29.3 Å². The molecule has 1 aromatic rings. The number of benzene rings is 1. The lowest BCUT2D eigenvalue weighted by Gasteiger charge is -2.16. The Bertz CT molecular complexity index is 677. The summed E-state index contributed by atoms with van der Waals surface area (Å²) in [6, 6.07) is 6.05. The van der Waals surface area contributed by atoms with E-state index >= 15 is 0 Å². The lowest BCUT2D eigenvalue weighted by Crippen LogP contribution is -2.44. The van der Waals surface area contributed by atoms with Gasteiger partial charge in [0.05, 0.1) is 18.6 Å². The number of ether oxygens (including phenoxy) is 1. The highest BCUT2D eigenvalue weighted by atomic mass is 127. The maximum Gasteiger partial charge on any atom is 0.191 e. The van der Waals surface area contributed by atoms with E-state index in [2.05, 4.69) is 28.6 Å². The number of sulfone groups is 1. The Kier molecular flexibility index (Phi) is 8.28. The lowest BCUT2D eigenvalue weighted by molar-refractivity contribution is 0.409. The molecular weight excluding hydrogens is 441 g/mol. The quantitative estimate of drug-likeness (QED) is 0.390. The molecular formula is C16H26IN3O3S. The summed E-state index contributed by atoms with van der Waals surface area (Å²) in [6.45, 7) is 2.75. The molecule has 1 aromatic carbocycles. The van der Waals surface area contributed by atoms with Crippen LogP contribution in [0.5, 0.6) is 5.75 Å². The van der Waals surface area contributed by atoms with Gasteiger partial charge in [-0.25, -0.2) is 8.42 Å². The zero-order valence-corrected chi connectivity index (χ0v) is 17.5. The number of aliphatic imine (C=N–C) groups is 1. The van der Waals surface area contributed by atoms with Crippen molar-refractivity contribution in [2.24, 2.45) is 4.99 Å². The molecule has 0 radical (unpaired) electrons. The summed E-state index contributed by atoms with van der Waals surface area (Å²) >= 11 is 0. The van der Waals surface area contributed by atoms with Crippen LogP contribution in [0.25, 0.3) is 0 Å². The molecule has 0 aromatic heterocycles. The fourth-order valence-electron chi connectivity index (χ4n) is 2.72. The molecule has 8 heteroatoms. The average molecular weight is 467 g/mol. The van der Waals surface area contributed by atoms with Gasteiger partial charge < -0.3 is 15.4 Å². The highest BCUT2D eigenvalue weighted by Crippen LogP contribution is 2.19. The normalized spacial score (nSPS) is 19.5. The van der Waals surface area contributed by atoms with E-state index in [1.54, 1.807) is 14.2 Å². The zero-order valence-electron chi connectivity index (χ0n) is 14.3. The Morgan fingerprint density at radius 3 is 2.75 bits per heavy atom. The van der Waals surface area contributed by atoms with E-state index in [1.165, 1.54) is 5.56 Å². The maximum atomic E-state index is 11.5. The van der Waals surface area contributed by atoms with E-state index in [1.807, 2.05) is 12.1 Å². The summed E-state index contributed by atoms with van der Waals surface area (Å²) in [5.74, 6) is 1.95. The molecule has 0 amide bonds. The zero-order chi connectivity index (χ0) is 16.9. The second-order valence-corrected chi connectivity index (χ2v) is 8.04. The molecule has 24 heavy (non-hydrogen) atoms. The van der Waals surface area contributed by atoms with E-state index in [-0.39, 0.29) is 41.5 Å². The third-order valence-corrected chi connectivity index (χ3v) is 5.69. The molecule has 1 atom stereocenters. The van der Waals surface area contributed by atoms with Gasteiger partial charge >= 0.3 is 0 Å². The van der Waals surface area contributed by atoms with Crippen LogP contribution in [0.1, 0.15) is 17.5 Å². The Morgan fingerprint density at radius 2 is 2.17 bits per heavy atom. The number of guanidine groups is 1. The molecule has 0 bridgehead atoms. The van der Waals surface area contributed by atoms with Gasteiger partial charge in [0, 0.05) is 19.6 Å². The monoisotopic (exact) mass is 467 g/mol. The summed E-state index contributed by atoms with van der Waals surface area (Å²) in [4.78, 5) is 4.16. The van der Waals surface area contributed by atoms with Crippen molar-refractivity contribution in [3.8, 4) is 5.75 Å². The standard InChI is InChI=1S/C16H25N3O3S.HI/c1-12-4-5-15(22-3)13(10-12)6-8-18-16(17-2)19-14-7-9-23(20,21)11-14;/h4-5,10,14H,6-9,11H2,1-3H3,(H2,17,18,19);1H. The Labute approximate surface area is 161 Å². The van der Waals surface area contributed by atoms with E-state index in [0.29, 0.717) is 18.9 Å². The van der Waals surface area contributed by atoms with Gasteiger partial charge in [-0.2, -0.15) is 0 Å². The molecule has 1 aliphatic heterocycles. The highest BCUT2D eigenvalue weighted by Gasteiger charge is 2.28. The molecule has 2 N–H and O–H groups in total. The van der Waals surface area contributed by atoms with Crippen molar-refractivity contribution in [1.82, 2.24) is 10.6 Å². The van der Waals surface area contributed by atoms with Crippen molar-refractivity contribution in [2.75, 3.05) is 32.2 Å². The van der Waals surface area contributed by atoms with Gasteiger partial charge in [-0.05, 0) is 31.4 Å². The van der Waals surface area contributed by atoms with Crippen LogP contribution in [-0.2, 0) is 16.3 Å². The van der Waals surface area contributed by atoms with Crippen molar-refractivity contribution in [2.45, 2.75) is 25.8 Å². The van der Waals surface area contributed by atoms with Gasteiger partial charge in [-0.15, -0.1) is 24.0 Å². The summed E-state index contributed by atoms with van der Waals surface area (Å²) in [6.07, 6.45) is 1.43. The fraction of sp³-hybridized carbons (Fsp3) is 0.562. The molecule has 0 aliphatic carbocycles. The van der Waals surface area contributed by atoms with Crippen LogP contribution >= 0.6 is 24.0 Å². The predicted octanol–water partition coefficient (Wildman–Crippen LogP) is 1.52. The SMILES string of the molecule is CN=C(NCCc1cc(C)ccc1OC)NC1CCS(=O)(=O)C1.I. The number of rotatable bonds is 5. The molecule has 1 fully saturated rings. The molecule has 6 nitrogen and oxygen atoms in total. The molecule has 1 saturated heterocycles. The number of nitrogens with one attached hydrogen (secondary N) is 2. The number of nitrogens with zero attached hydrogens (tertiary/aromatic N) is 1. The first kappa shape index (κ1) is 21.0. The third-order valence-electron chi connectivity index (χ3n) is 3.92. The van der Waals surface area contributed by atoms with Crippen LogP contribution in [0.3, 0.4) is 0 Å². The van der Waals surface area contributed by atoms with Crippen LogP contribution in [0.4, 0.5) is 0 Å². The average Bonchev–Trinajstić information content (AvgIpc) is 2.85. The van der Waals surface area contributed by atoms with Crippen molar-refractivity contribution < 1.29 is 13.2 Å². The molecule has 1 aliphatic rings. The third kappa shape index (κ3) is 6.12. The molecule has 1 heterocycles. The largest absolute Gasteiger partial charge is 0.496 e. The van der Waals surface area contributed by atoms with Crippen molar-refractivity contribution >= 4 is 39.8 Å². The molecule has 2 rings (SSSR count). The first-order chi connectivity index (χ1) is 10.9. The minimum Gasteiger partial charge on any atom is -0.496 e. The van der Waals surface area contributed by atoms with Crippen molar-refractivity contribution in [3.63, 3.8) is 0 Å². The van der Waals surface area contributed by atoms with E-state index in [4.69, 9.17) is 4.74 Å². The number of hydrogen-bond acceptors (Lipinski definition) is 4. The first-order valence-corrected chi connectivity index (χ1v) is 9.57. The Morgan fingerprint density at radius 1 is 1.42 bits per heavy atom. The van der Waals surface area contributed by atoms with E-state index in [9.17, 15) is 8.42 Å². The minimum atomic E-state index is -2.89. The highest BCUT2D eigenvalue weighted by molar-refractivity contribution is 14.0. The van der Waals surface area contributed by atoms with E-state index < -0.39 is 9.84 Å². The van der Waals surface area contributed by atoms with Gasteiger partial charge in [0.1, 0.15) is 5.75 Å². The first-order valence-electron chi connectivity index (χ1n) is 7.74. The van der Waals surface area contributed by atoms with Crippen LogP contribution in [0.15, 0.2) is 23.2 Å². The van der Waals surface area contributed by atoms with Crippen LogP contribution in [0.2, 0.25) is 0 Å². The summed E-state index contributed by atoms with van der Waals surface area (Å²) in [5, 5.41) is 6.41. The second-order valence-electron chi connectivity index (χ2n) is 5.81. The summed E-state index contributed by atoms with van der Waals surface area (Å²) < 4.78 is 28.4. The smallest absolute Gasteiger partial charge is 0.191 e. The minimum absolute atomic E-state index is 0. The van der Waals surface area contributed by atoms with Crippen LogP contribution < -0.4 is 15.4 Å². The topological polar surface area (TPSA) is 79.8 Å². The fourth-order valence-corrected chi connectivity index (χ4v) is 4.39. The number of hydrogen-bond donors (Lipinski definition) is 2. The van der Waals surface area contributed by atoms with Crippen LogP contribution in [0, 0.1) is 6.92 Å². The second kappa shape index (κ2) is 9.45. The van der Waals surface area contributed by atoms with Gasteiger partial charge in [0.15, 0.2) is 15.8 Å². The van der Waals surface area contributed by atoms with Crippen molar-refractivity contribution in [1.29, 1.82) is 0 Å². The van der Waals surface area contributed by atoms with E-state index in [0.717, 1.165) is 17.7 Å². The maximum absolute atomic E-state index is 11.5. The Balaban J connectivity index is 0.00000288. The molecule has 0 spiro atoms. The predicted molar refractivity (Wildman–Crippen MR) is 108 cm³/mol. The summed E-state index contributed by atoms with van der Waals surface area (Å²) in [7, 11) is 0.467. The number of aryl methyl sites for hydroxylation is 1. The number of methoxy groups -OCH3 is 1. The molecule has 1 unspecified atom stereocenters. The number of halogens is 1. The Hall–Kier alpha value is -1.03. The van der Waals surface area contributed by atoms with Gasteiger partial charge in [0.2, 0.25) is 0 Å². The summed E-state index contributed by atoms with van der Waals surface area (Å²) in [5.41, 5.74) is 2.33. The van der Waals surface area contributed by atoms with Crippen LogP contribution in [-0.4, -0.2) is 52.6 Å². The van der Waals surface area contributed by atoms with Gasteiger partial charge in [-0.1, -0.05) is 17.7 Å². The van der Waals surface area contributed by atoms with Gasteiger partial charge in [0.25, 0.3) is 0 Å². The lowest BCUT2D eigenvalue weighted by atomic mass is 10.1. The molecule has 0 saturated carbocycles. The molecule has 136 valence electrons.